The zero-order valence-electron chi connectivity index (χ0n) is 13.1. The first kappa shape index (κ1) is 15.5. The Bertz CT molecular complexity index is 397. The van der Waals surface area contributed by atoms with Crippen molar-refractivity contribution in [1.29, 1.82) is 0 Å². The number of nitrogens with zero attached hydrogens (tertiary/aromatic N) is 1. The summed E-state index contributed by atoms with van der Waals surface area (Å²) < 4.78 is 5.85. The maximum atomic E-state index is 6.58. The summed E-state index contributed by atoms with van der Waals surface area (Å²) in [6, 6.07) is 10.8. The summed E-state index contributed by atoms with van der Waals surface area (Å²) in [5.74, 6) is 0.516. The molecular formula is C17H28N2O. The Labute approximate surface area is 123 Å². The topological polar surface area (TPSA) is 38.5 Å². The zero-order chi connectivity index (χ0) is 14.7. The Kier molecular flexibility index (Phi) is 5.19. The lowest BCUT2D eigenvalue weighted by Crippen LogP contribution is -2.54. The molecule has 4 atom stereocenters. The van der Waals surface area contributed by atoms with Crippen molar-refractivity contribution in [3.8, 4) is 0 Å². The van der Waals surface area contributed by atoms with E-state index in [2.05, 4.69) is 56.9 Å². The summed E-state index contributed by atoms with van der Waals surface area (Å²) in [6.45, 7) is 10.8. The number of hydrogen-bond donors (Lipinski definition) is 1. The molecule has 2 rings (SSSR count). The van der Waals surface area contributed by atoms with Crippen LogP contribution in [0.4, 0.5) is 0 Å². The highest BCUT2D eigenvalue weighted by Gasteiger charge is 2.33. The molecule has 112 valence electrons. The highest BCUT2D eigenvalue weighted by atomic mass is 16.5. The van der Waals surface area contributed by atoms with Crippen LogP contribution in [0.25, 0.3) is 0 Å². The van der Waals surface area contributed by atoms with Crippen LogP contribution in [0.1, 0.15) is 39.3 Å². The Morgan fingerprint density at radius 3 is 2.15 bits per heavy atom. The first-order chi connectivity index (χ1) is 9.49. The smallest absolute Gasteiger partial charge is 0.0678 e. The second kappa shape index (κ2) is 6.70. The standard InChI is InChI=1S/C17H28N2O/c1-12(2)17(16(18)15-8-6-5-7-9-15)19-10-13(3)20-14(4)11-19/h5-9,12-14,16-17H,10-11,18H2,1-4H3/t13-,14+,16?,17?. The number of hydrogen-bond acceptors (Lipinski definition) is 3. The Balaban J connectivity index is 2.18. The van der Waals surface area contributed by atoms with Gasteiger partial charge in [0.1, 0.15) is 0 Å². The number of nitrogens with two attached hydrogens (primary N) is 1. The van der Waals surface area contributed by atoms with Crippen LogP contribution in [0.15, 0.2) is 30.3 Å². The fraction of sp³-hybridized carbons (Fsp3) is 0.647. The van der Waals surface area contributed by atoms with E-state index >= 15 is 0 Å². The van der Waals surface area contributed by atoms with Gasteiger partial charge in [-0.2, -0.15) is 0 Å². The summed E-state index contributed by atoms with van der Waals surface area (Å²) in [6.07, 6.45) is 0.561. The normalized spacial score (nSPS) is 27.5. The molecule has 1 aliphatic heterocycles. The molecule has 20 heavy (non-hydrogen) atoms. The summed E-state index contributed by atoms with van der Waals surface area (Å²) in [4.78, 5) is 2.52. The molecule has 0 aliphatic carbocycles. The summed E-state index contributed by atoms with van der Waals surface area (Å²) in [5, 5.41) is 0. The van der Waals surface area contributed by atoms with Gasteiger partial charge < -0.3 is 10.5 Å². The predicted molar refractivity (Wildman–Crippen MR) is 83.6 cm³/mol. The van der Waals surface area contributed by atoms with Crippen LogP contribution < -0.4 is 5.73 Å². The van der Waals surface area contributed by atoms with Gasteiger partial charge in [-0.25, -0.2) is 0 Å². The van der Waals surface area contributed by atoms with Crippen molar-refractivity contribution in [3.63, 3.8) is 0 Å². The van der Waals surface area contributed by atoms with Crippen LogP contribution in [-0.2, 0) is 4.74 Å². The van der Waals surface area contributed by atoms with E-state index in [1.54, 1.807) is 0 Å². The highest BCUT2D eigenvalue weighted by Crippen LogP contribution is 2.27. The number of morpholine rings is 1. The maximum Gasteiger partial charge on any atom is 0.0678 e. The van der Waals surface area contributed by atoms with E-state index in [0.29, 0.717) is 12.0 Å². The van der Waals surface area contributed by atoms with Gasteiger partial charge in [-0.3, -0.25) is 4.90 Å². The lowest BCUT2D eigenvalue weighted by Gasteiger charge is -2.44. The molecule has 0 spiro atoms. The zero-order valence-corrected chi connectivity index (χ0v) is 13.1. The average Bonchev–Trinajstić information content (AvgIpc) is 2.38. The molecule has 1 heterocycles. The molecule has 0 bridgehead atoms. The van der Waals surface area contributed by atoms with Gasteiger partial charge in [0.25, 0.3) is 0 Å². The monoisotopic (exact) mass is 276 g/mol. The molecule has 0 amide bonds. The van der Waals surface area contributed by atoms with Crippen molar-refractivity contribution < 1.29 is 4.74 Å². The van der Waals surface area contributed by atoms with Crippen LogP contribution in [0, 0.1) is 5.92 Å². The quantitative estimate of drug-likeness (QED) is 0.919. The molecule has 1 aromatic rings. The first-order valence-electron chi connectivity index (χ1n) is 7.69. The third-order valence-electron chi connectivity index (χ3n) is 4.10. The highest BCUT2D eigenvalue weighted by molar-refractivity contribution is 5.20. The molecule has 1 aliphatic rings. The molecule has 3 nitrogen and oxygen atoms in total. The van der Waals surface area contributed by atoms with Crippen molar-refractivity contribution in [2.75, 3.05) is 13.1 Å². The van der Waals surface area contributed by atoms with Crippen LogP contribution in [-0.4, -0.2) is 36.2 Å². The fourth-order valence-electron chi connectivity index (χ4n) is 3.40. The first-order valence-corrected chi connectivity index (χ1v) is 7.69. The molecular weight excluding hydrogens is 248 g/mol. The molecule has 1 aromatic carbocycles. The van der Waals surface area contributed by atoms with Crippen LogP contribution in [0.3, 0.4) is 0 Å². The van der Waals surface area contributed by atoms with E-state index in [-0.39, 0.29) is 18.2 Å². The van der Waals surface area contributed by atoms with E-state index in [0.717, 1.165) is 13.1 Å². The van der Waals surface area contributed by atoms with Gasteiger partial charge in [0.05, 0.1) is 12.2 Å². The SMILES string of the molecule is CC(C)C(C(N)c1ccccc1)N1C[C@@H](C)O[C@@H](C)C1. The van der Waals surface area contributed by atoms with Crippen molar-refractivity contribution in [2.45, 2.75) is 52.0 Å². The van der Waals surface area contributed by atoms with Gasteiger partial charge in [0, 0.05) is 25.2 Å². The van der Waals surface area contributed by atoms with Crippen molar-refractivity contribution >= 4 is 0 Å². The third-order valence-corrected chi connectivity index (χ3v) is 4.10. The van der Waals surface area contributed by atoms with Crippen LogP contribution in [0.2, 0.25) is 0 Å². The van der Waals surface area contributed by atoms with E-state index in [4.69, 9.17) is 10.5 Å². The predicted octanol–water partition coefficient (Wildman–Crippen LogP) is 2.82. The van der Waals surface area contributed by atoms with Crippen LogP contribution >= 0.6 is 0 Å². The lowest BCUT2D eigenvalue weighted by atomic mass is 9.89. The van der Waals surface area contributed by atoms with Gasteiger partial charge in [0.15, 0.2) is 0 Å². The second-order valence-electron chi connectivity index (χ2n) is 6.38. The van der Waals surface area contributed by atoms with Gasteiger partial charge >= 0.3 is 0 Å². The van der Waals surface area contributed by atoms with Gasteiger partial charge in [-0.1, -0.05) is 44.2 Å². The fourth-order valence-corrected chi connectivity index (χ4v) is 3.40. The van der Waals surface area contributed by atoms with Gasteiger partial charge in [-0.05, 0) is 25.3 Å². The summed E-state index contributed by atoms with van der Waals surface area (Å²) in [7, 11) is 0. The Morgan fingerprint density at radius 2 is 1.65 bits per heavy atom. The maximum absolute atomic E-state index is 6.58. The molecule has 0 aromatic heterocycles. The largest absolute Gasteiger partial charge is 0.373 e. The lowest BCUT2D eigenvalue weighted by molar-refractivity contribution is -0.0887. The number of ether oxygens (including phenoxy) is 1. The number of benzene rings is 1. The van der Waals surface area contributed by atoms with E-state index in [9.17, 15) is 0 Å². The minimum atomic E-state index is 0.0497. The molecule has 2 N–H and O–H groups in total. The van der Waals surface area contributed by atoms with Crippen molar-refractivity contribution in [2.24, 2.45) is 11.7 Å². The Morgan fingerprint density at radius 1 is 1.10 bits per heavy atom. The molecule has 2 unspecified atom stereocenters. The third kappa shape index (κ3) is 3.60. The summed E-state index contributed by atoms with van der Waals surface area (Å²) in [5.41, 5.74) is 7.80. The van der Waals surface area contributed by atoms with E-state index in [1.165, 1.54) is 5.56 Å². The van der Waals surface area contributed by atoms with Crippen molar-refractivity contribution in [1.82, 2.24) is 4.90 Å². The Hall–Kier alpha value is -0.900. The molecule has 1 saturated heterocycles. The van der Waals surface area contributed by atoms with Crippen LogP contribution in [0.5, 0.6) is 0 Å². The second-order valence-corrected chi connectivity index (χ2v) is 6.38. The number of rotatable bonds is 4. The minimum Gasteiger partial charge on any atom is -0.373 e. The molecule has 3 heteroatoms. The summed E-state index contributed by atoms with van der Waals surface area (Å²) >= 11 is 0. The molecule has 0 saturated carbocycles. The minimum absolute atomic E-state index is 0.0497. The van der Waals surface area contributed by atoms with E-state index in [1.807, 2.05) is 6.07 Å². The molecule has 0 radical (unpaired) electrons. The van der Waals surface area contributed by atoms with Crippen molar-refractivity contribution in [3.05, 3.63) is 35.9 Å². The molecule has 1 fully saturated rings. The van der Waals surface area contributed by atoms with E-state index < -0.39 is 0 Å². The average molecular weight is 276 g/mol. The van der Waals surface area contributed by atoms with Gasteiger partial charge in [0.2, 0.25) is 0 Å². The van der Waals surface area contributed by atoms with Gasteiger partial charge in [-0.15, -0.1) is 0 Å².